The molecule has 0 bridgehead atoms. The van der Waals surface area contributed by atoms with Crippen LogP contribution >= 0.6 is 0 Å². The Labute approximate surface area is 125 Å². The number of aryl methyl sites for hydroxylation is 1. The zero-order valence-corrected chi connectivity index (χ0v) is 13.0. The highest BCUT2D eigenvalue weighted by Gasteiger charge is 2.49. The number of rotatable bonds is 3. The zero-order valence-electron chi connectivity index (χ0n) is 13.0. The lowest BCUT2D eigenvalue weighted by Crippen LogP contribution is -2.41. The van der Waals surface area contributed by atoms with Crippen molar-refractivity contribution in [2.45, 2.75) is 45.8 Å². The topological polar surface area (TPSA) is 68.7 Å². The molecular weight excluding hydrogens is 269 g/mol. The molecule has 0 spiro atoms. The third-order valence-electron chi connectivity index (χ3n) is 4.02. The van der Waals surface area contributed by atoms with E-state index in [4.69, 9.17) is 14.4 Å². The van der Waals surface area contributed by atoms with Gasteiger partial charge in [-0.2, -0.15) is 0 Å². The molecule has 1 aliphatic rings. The number of pyridine rings is 1. The van der Waals surface area contributed by atoms with E-state index in [0.29, 0.717) is 5.56 Å². The molecule has 0 amide bonds. The molecular formula is C15H20BNO4. The van der Waals surface area contributed by atoms with E-state index >= 15 is 0 Å². The van der Waals surface area contributed by atoms with Crippen LogP contribution in [0.3, 0.4) is 0 Å². The largest absolute Gasteiger partial charge is 0.487 e. The first-order valence-corrected chi connectivity index (χ1v) is 6.86. The van der Waals surface area contributed by atoms with Crippen molar-refractivity contribution < 1.29 is 19.2 Å². The fraction of sp³-hybridized carbons (Fsp3) is 0.467. The molecule has 1 aromatic rings. The fourth-order valence-corrected chi connectivity index (χ4v) is 2.07. The molecule has 0 radical (unpaired) electrons. The van der Waals surface area contributed by atoms with Crippen LogP contribution in [0.15, 0.2) is 18.2 Å². The lowest BCUT2D eigenvalue weighted by Gasteiger charge is -2.32. The maximum atomic E-state index is 10.9. The minimum Gasteiger partial charge on any atom is -0.477 e. The lowest BCUT2D eigenvalue weighted by atomic mass is 9.89. The highest BCUT2D eigenvalue weighted by molar-refractivity contribution is 6.52. The van der Waals surface area contributed by atoms with Gasteiger partial charge in [0, 0.05) is 6.20 Å². The van der Waals surface area contributed by atoms with Gasteiger partial charge in [-0.05, 0) is 51.8 Å². The Hall–Kier alpha value is -1.66. The molecule has 0 unspecified atom stereocenters. The minimum atomic E-state index is -1.02. The maximum Gasteiger partial charge on any atom is 0.487 e. The van der Waals surface area contributed by atoms with Crippen LogP contribution < -0.4 is 0 Å². The zero-order chi connectivity index (χ0) is 15.8. The van der Waals surface area contributed by atoms with Crippen molar-refractivity contribution >= 4 is 19.2 Å². The van der Waals surface area contributed by atoms with Crippen LogP contribution in [0.2, 0.25) is 0 Å². The number of carbonyl (C=O) groups is 1. The van der Waals surface area contributed by atoms with Crippen molar-refractivity contribution in [1.29, 1.82) is 0 Å². The SMILES string of the molecule is Cc1cc(/C=C/B2OC(C)(C)C(C)(C)O2)cnc1C(=O)O. The molecule has 112 valence electrons. The van der Waals surface area contributed by atoms with Crippen molar-refractivity contribution in [3.63, 3.8) is 0 Å². The van der Waals surface area contributed by atoms with Gasteiger partial charge in [0.1, 0.15) is 0 Å². The summed E-state index contributed by atoms with van der Waals surface area (Å²) in [4.78, 5) is 14.9. The second-order valence-corrected chi connectivity index (χ2v) is 6.22. The van der Waals surface area contributed by atoms with Crippen LogP contribution in [0.4, 0.5) is 0 Å². The summed E-state index contributed by atoms with van der Waals surface area (Å²) in [5.74, 6) is 0.793. The van der Waals surface area contributed by atoms with Crippen LogP contribution in [-0.2, 0) is 9.31 Å². The van der Waals surface area contributed by atoms with E-state index in [1.54, 1.807) is 13.0 Å². The predicted octanol–water partition coefficient (Wildman–Crippen LogP) is 2.73. The lowest BCUT2D eigenvalue weighted by molar-refractivity contribution is 0.00578. The van der Waals surface area contributed by atoms with E-state index < -0.39 is 13.1 Å². The van der Waals surface area contributed by atoms with Crippen molar-refractivity contribution in [1.82, 2.24) is 4.98 Å². The second kappa shape index (κ2) is 5.28. The Morgan fingerprint density at radius 1 is 1.29 bits per heavy atom. The van der Waals surface area contributed by atoms with Crippen molar-refractivity contribution in [3.05, 3.63) is 35.1 Å². The summed E-state index contributed by atoms with van der Waals surface area (Å²) in [6.45, 7) is 9.70. The molecule has 1 saturated heterocycles. The van der Waals surface area contributed by atoms with E-state index in [2.05, 4.69) is 4.98 Å². The molecule has 2 rings (SSSR count). The highest BCUT2D eigenvalue weighted by atomic mass is 16.7. The van der Waals surface area contributed by atoms with E-state index in [0.717, 1.165) is 5.56 Å². The summed E-state index contributed by atoms with van der Waals surface area (Å²) >= 11 is 0. The van der Waals surface area contributed by atoms with Gasteiger partial charge in [-0.25, -0.2) is 9.78 Å². The van der Waals surface area contributed by atoms with Crippen LogP contribution in [0.1, 0.15) is 49.3 Å². The minimum absolute atomic E-state index is 0.0720. The van der Waals surface area contributed by atoms with Gasteiger partial charge < -0.3 is 14.4 Å². The average molecular weight is 289 g/mol. The van der Waals surface area contributed by atoms with Crippen LogP contribution in [0.5, 0.6) is 0 Å². The van der Waals surface area contributed by atoms with Crippen molar-refractivity contribution in [3.8, 4) is 0 Å². The van der Waals surface area contributed by atoms with Gasteiger partial charge >= 0.3 is 13.1 Å². The number of aromatic nitrogens is 1. The number of nitrogens with zero attached hydrogens (tertiary/aromatic N) is 1. The summed E-state index contributed by atoms with van der Waals surface area (Å²) in [5.41, 5.74) is 0.765. The van der Waals surface area contributed by atoms with Gasteiger partial charge in [0.05, 0.1) is 11.2 Å². The summed E-state index contributed by atoms with van der Waals surface area (Å²) in [6, 6.07) is 1.78. The Morgan fingerprint density at radius 3 is 2.33 bits per heavy atom. The summed E-state index contributed by atoms with van der Waals surface area (Å²) < 4.78 is 11.7. The van der Waals surface area contributed by atoms with Gasteiger partial charge in [-0.3, -0.25) is 0 Å². The Balaban J connectivity index is 2.13. The number of aromatic carboxylic acids is 1. The third-order valence-corrected chi connectivity index (χ3v) is 4.02. The molecule has 0 atom stereocenters. The standard InChI is InChI=1S/C15H20BNO4/c1-10-8-11(9-17-12(10)13(18)19)6-7-16-20-14(2,3)15(4,5)21-16/h6-9H,1-5H3,(H,18,19)/b7-6+. The van der Waals surface area contributed by atoms with Gasteiger partial charge in [0.2, 0.25) is 0 Å². The van der Waals surface area contributed by atoms with Crippen LogP contribution in [0, 0.1) is 6.92 Å². The Morgan fingerprint density at radius 2 is 1.86 bits per heavy atom. The monoisotopic (exact) mass is 289 g/mol. The molecule has 6 heteroatoms. The molecule has 21 heavy (non-hydrogen) atoms. The summed E-state index contributed by atoms with van der Waals surface area (Å²) in [6.07, 6.45) is 3.35. The number of carboxylic acid groups (broad SMARTS) is 1. The number of carboxylic acids is 1. The molecule has 5 nitrogen and oxygen atoms in total. The smallest absolute Gasteiger partial charge is 0.477 e. The van der Waals surface area contributed by atoms with Crippen molar-refractivity contribution in [2.24, 2.45) is 0 Å². The molecule has 1 N–H and O–H groups in total. The second-order valence-electron chi connectivity index (χ2n) is 6.22. The van der Waals surface area contributed by atoms with Crippen molar-refractivity contribution in [2.75, 3.05) is 0 Å². The summed E-state index contributed by atoms with van der Waals surface area (Å²) in [7, 11) is -0.422. The Kier molecular flexibility index (Phi) is 3.95. The van der Waals surface area contributed by atoms with E-state index in [-0.39, 0.29) is 16.9 Å². The maximum absolute atomic E-state index is 10.9. The normalized spacial score (nSPS) is 20.1. The molecule has 0 aliphatic carbocycles. The quantitative estimate of drug-likeness (QED) is 0.866. The Bertz CT molecular complexity index is 579. The first-order chi connectivity index (χ1) is 9.62. The highest BCUT2D eigenvalue weighted by Crippen LogP contribution is 2.37. The van der Waals surface area contributed by atoms with E-state index in [1.165, 1.54) is 6.20 Å². The van der Waals surface area contributed by atoms with Gasteiger partial charge in [-0.1, -0.05) is 12.1 Å². The molecule has 2 heterocycles. The molecule has 0 saturated carbocycles. The van der Waals surface area contributed by atoms with Gasteiger partial charge in [0.15, 0.2) is 5.69 Å². The average Bonchev–Trinajstić information content (AvgIpc) is 2.55. The first-order valence-electron chi connectivity index (χ1n) is 6.86. The van der Waals surface area contributed by atoms with Gasteiger partial charge in [-0.15, -0.1) is 0 Å². The molecule has 0 aromatic carbocycles. The molecule has 1 fully saturated rings. The van der Waals surface area contributed by atoms with E-state index in [9.17, 15) is 4.79 Å². The predicted molar refractivity (Wildman–Crippen MR) is 81.0 cm³/mol. The summed E-state index contributed by atoms with van der Waals surface area (Å²) in [5, 5.41) is 8.95. The van der Waals surface area contributed by atoms with Crippen LogP contribution in [-0.4, -0.2) is 34.4 Å². The third kappa shape index (κ3) is 3.17. The fourth-order valence-electron chi connectivity index (χ4n) is 2.07. The molecule has 1 aliphatic heterocycles. The first kappa shape index (κ1) is 15.7. The number of hydrogen-bond acceptors (Lipinski definition) is 4. The van der Waals surface area contributed by atoms with E-state index in [1.807, 2.05) is 39.7 Å². The number of hydrogen-bond donors (Lipinski definition) is 1. The van der Waals surface area contributed by atoms with Gasteiger partial charge in [0.25, 0.3) is 0 Å². The molecule has 1 aromatic heterocycles. The van der Waals surface area contributed by atoms with Crippen LogP contribution in [0.25, 0.3) is 6.08 Å².